The Hall–Kier alpha value is -0.890. The molecule has 0 saturated carbocycles. The van der Waals surface area contributed by atoms with Crippen molar-refractivity contribution in [3.05, 3.63) is 30.1 Å². The van der Waals surface area contributed by atoms with Gasteiger partial charge in [-0.25, -0.2) is 0 Å². The second kappa shape index (κ2) is 3.23. The fourth-order valence-electron chi connectivity index (χ4n) is 1.72. The summed E-state index contributed by atoms with van der Waals surface area (Å²) in [6.45, 7) is 3.40. The van der Waals surface area contributed by atoms with Gasteiger partial charge in [0.05, 0.1) is 5.69 Å². The molecule has 0 amide bonds. The third-order valence-corrected chi connectivity index (χ3v) is 2.40. The first-order chi connectivity index (χ1) is 5.86. The van der Waals surface area contributed by atoms with E-state index in [9.17, 15) is 0 Å². The highest BCUT2D eigenvalue weighted by atomic mass is 15.0. The first-order valence-corrected chi connectivity index (χ1v) is 4.50. The molecule has 1 aliphatic rings. The van der Waals surface area contributed by atoms with Crippen LogP contribution in [0, 0.1) is 5.92 Å². The van der Waals surface area contributed by atoms with Gasteiger partial charge in [-0.15, -0.1) is 0 Å². The zero-order chi connectivity index (χ0) is 8.39. The largest absolute Gasteiger partial charge is 0.308 e. The normalized spacial score (nSPS) is 29.1. The summed E-state index contributed by atoms with van der Waals surface area (Å²) >= 11 is 0. The van der Waals surface area contributed by atoms with E-state index < -0.39 is 0 Å². The first kappa shape index (κ1) is 7.74. The molecular formula is C10H14N2. The lowest BCUT2D eigenvalue weighted by Gasteiger charge is -2.07. The van der Waals surface area contributed by atoms with E-state index in [4.69, 9.17) is 0 Å². The number of hydrogen-bond acceptors (Lipinski definition) is 2. The minimum Gasteiger partial charge on any atom is -0.308 e. The number of pyridine rings is 1. The van der Waals surface area contributed by atoms with Crippen LogP contribution in [0.4, 0.5) is 0 Å². The van der Waals surface area contributed by atoms with Crippen LogP contribution < -0.4 is 5.32 Å². The highest BCUT2D eigenvalue weighted by molar-refractivity contribution is 5.10. The number of nitrogens with zero attached hydrogens (tertiary/aromatic N) is 1. The van der Waals surface area contributed by atoms with E-state index in [1.54, 1.807) is 0 Å². The van der Waals surface area contributed by atoms with E-state index in [0.717, 1.165) is 12.5 Å². The molecule has 2 nitrogen and oxygen atoms in total. The standard InChI is InChI=1S/C10H14N2/c1-8-6-10(12-7-8)9-4-2-3-5-11-9/h2-5,8,10,12H,6-7H2,1H3/t8-,10-/m1/s1. The Morgan fingerprint density at radius 2 is 2.42 bits per heavy atom. The molecule has 12 heavy (non-hydrogen) atoms. The Morgan fingerprint density at radius 1 is 1.50 bits per heavy atom. The van der Waals surface area contributed by atoms with Gasteiger partial charge < -0.3 is 5.32 Å². The number of aromatic nitrogens is 1. The fraction of sp³-hybridized carbons (Fsp3) is 0.500. The zero-order valence-corrected chi connectivity index (χ0v) is 7.33. The van der Waals surface area contributed by atoms with Crippen LogP contribution in [0.1, 0.15) is 25.1 Å². The van der Waals surface area contributed by atoms with Crippen LogP contribution in [-0.4, -0.2) is 11.5 Å². The Kier molecular flexibility index (Phi) is 2.09. The van der Waals surface area contributed by atoms with Crippen LogP contribution in [0.2, 0.25) is 0 Å². The molecule has 1 fully saturated rings. The molecule has 1 aromatic rings. The molecule has 0 aliphatic carbocycles. The number of rotatable bonds is 1. The molecule has 1 saturated heterocycles. The van der Waals surface area contributed by atoms with Crippen LogP contribution >= 0.6 is 0 Å². The Labute approximate surface area is 73.0 Å². The lowest BCUT2D eigenvalue weighted by atomic mass is 10.1. The monoisotopic (exact) mass is 162 g/mol. The van der Waals surface area contributed by atoms with Gasteiger partial charge in [0.25, 0.3) is 0 Å². The van der Waals surface area contributed by atoms with Crippen molar-refractivity contribution in [2.24, 2.45) is 5.92 Å². The van der Waals surface area contributed by atoms with Crippen molar-refractivity contribution < 1.29 is 0 Å². The van der Waals surface area contributed by atoms with Crippen molar-refractivity contribution in [1.29, 1.82) is 0 Å². The maximum atomic E-state index is 4.33. The summed E-state index contributed by atoms with van der Waals surface area (Å²) < 4.78 is 0. The lowest BCUT2D eigenvalue weighted by Crippen LogP contribution is -2.14. The van der Waals surface area contributed by atoms with Gasteiger partial charge in [0, 0.05) is 12.2 Å². The quantitative estimate of drug-likeness (QED) is 0.680. The average Bonchev–Trinajstić information content (AvgIpc) is 2.54. The molecule has 1 N–H and O–H groups in total. The first-order valence-electron chi connectivity index (χ1n) is 4.50. The van der Waals surface area contributed by atoms with Crippen LogP contribution in [0.15, 0.2) is 24.4 Å². The van der Waals surface area contributed by atoms with Gasteiger partial charge in [0.1, 0.15) is 0 Å². The van der Waals surface area contributed by atoms with Gasteiger partial charge in [-0.1, -0.05) is 13.0 Å². The molecule has 0 bridgehead atoms. The third-order valence-electron chi connectivity index (χ3n) is 2.40. The van der Waals surface area contributed by atoms with Crippen LogP contribution in [0.3, 0.4) is 0 Å². The Balaban J connectivity index is 2.11. The van der Waals surface area contributed by atoms with Gasteiger partial charge in [0.15, 0.2) is 0 Å². The topological polar surface area (TPSA) is 24.9 Å². The Morgan fingerprint density at radius 3 is 3.00 bits per heavy atom. The lowest BCUT2D eigenvalue weighted by molar-refractivity contribution is 0.599. The number of nitrogens with one attached hydrogen (secondary N) is 1. The van der Waals surface area contributed by atoms with Gasteiger partial charge in [-0.05, 0) is 31.0 Å². The average molecular weight is 162 g/mol. The van der Waals surface area contributed by atoms with Gasteiger partial charge in [0.2, 0.25) is 0 Å². The molecule has 0 unspecified atom stereocenters. The molecule has 2 atom stereocenters. The van der Waals surface area contributed by atoms with E-state index in [-0.39, 0.29) is 0 Å². The van der Waals surface area contributed by atoms with Crippen molar-refractivity contribution in [3.8, 4) is 0 Å². The summed E-state index contributed by atoms with van der Waals surface area (Å²) in [4.78, 5) is 4.33. The molecular weight excluding hydrogens is 148 g/mol. The van der Waals surface area contributed by atoms with Crippen molar-refractivity contribution in [1.82, 2.24) is 10.3 Å². The summed E-state index contributed by atoms with van der Waals surface area (Å²) in [6.07, 6.45) is 3.08. The van der Waals surface area contributed by atoms with E-state index in [0.29, 0.717) is 6.04 Å². The second-order valence-electron chi connectivity index (χ2n) is 3.56. The third kappa shape index (κ3) is 1.48. The number of hydrogen-bond donors (Lipinski definition) is 1. The van der Waals surface area contributed by atoms with Crippen molar-refractivity contribution in [2.75, 3.05) is 6.54 Å². The van der Waals surface area contributed by atoms with Gasteiger partial charge in [-0.3, -0.25) is 4.98 Å². The molecule has 0 aromatic carbocycles. The Bertz CT molecular complexity index is 245. The highest BCUT2D eigenvalue weighted by Crippen LogP contribution is 2.24. The summed E-state index contributed by atoms with van der Waals surface area (Å²) in [5, 5.41) is 3.46. The zero-order valence-electron chi connectivity index (χ0n) is 7.33. The summed E-state index contributed by atoms with van der Waals surface area (Å²) in [5.74, 6) is 0.789. The predicted octanol–water partition coefficient (Wildman–Crippen LogP) is 1.75. The molecule has 2 rings (SSSR count). The van der Waals surface area contributed by atoms with Crippen LogP contribution in [0.5, 0.6) is 0 Å². The minimum atomic E-state index is 0.487. The molecule has 2 heterocycles. The molecule has 1 aliphatic heterocycles. The maximum absolute atomic E-state index is 4.33. The van der Waals surface area contributed by atoms with E-state index in [1.165, 1.54) is 12.1 Å². The molecule has 1 aromatic heterocycles. The van der Waals surface area contributed by atoms with E-state index >= 15 is 0 Å². The fourth-order valence-corrected chi connectivity index (χ4v) is 1.72. The predicted molar refractivity (Wildman–Crippen MR) is 48.8 cm³/mol. The minimum absolute atomic E-state index is 0.487. The van der Waals surface area contributed by atoms with Crippen molar-refractivity contribution >= 4 is 0 Å². The second-order valence-corrected chi connectivity index (χ2v) is 3.56. The molecule has 64 valence electrons. The van der Waals surface area contributed by atoms with E-state index in [1.807, 2.05) is 18.3 Å². The molecule has 0 radical (unpaired) electrons. The van der Waals surface area contributed by atoms with Gasteiger partial charge >= 0.3 is 0 Å². The smallest absolute Gasteiger partial charge is 0.0573 e. The van der Waals surface area contributed by atoms with Gasteiger partial charge in [-0.2, -0.15) is 0 Å². The summed E-state index contributed by atoms with van der Waals surface area (Å²) in [7, 11) is 0. The van der Waals surface area contributed by atoms with Crippen molar-refractivity contribution in [3.63, 3.8) is 0 Å². The molecule has 2 heteroatoms. The SMILES string of the molecule is C[C@H]1CN[C@@H](c2ccccn2)C1. The van der Waals surface area contributed by atoms with Crippen LogP contribution in [0.25, 0.3) is 0 Å². The van der Waals surface area contributed by atoms with Crippen LogP contribution in [-0.2, 0) is 0 Å². The van der Waals surface area contributed by atoms with E-state index in [2.05, 4.69) is 23.3 Å². The highest BCUT2D eigenvalue weighted by Gasteiger charge is 2.22. The molecule has 0 spiro atoms. The summed E-state index contributed by atoms with van der Waals surface area (Å²) in [6, 6.07) is 6.59. The summed E-state index contributed by atoms with van der Waals surface area (Å²) in [5.41, 5.74) is 1.18. The van der Waals surface area contributed by atoms with Crippen molar-refractivity contribution in [2.45, 2.75) is 19.4 Å². The maximum Gasteiger partial charge on any atom is 0.0573 e.